The first-order chi connectivity index (χ1) is 5.72. The standard InChI is InChI=1S/C6H9ClN4S/c1-4(2-7)3-12-6-9-5(8)10-11-6/h2H,3H2,1H3,(H3,8,9,10,11). The number of nitrogens with one attached hydrogen (secondary N) is 1. The van der Waals surface area contributed by atoms with Crippen molar-refractivity contribution in [1.82, 2.24) is 15.2 Å². The van der Waals surface area contributed by atoms with Crippen molar-refractivity contribution in [2.75, 3.05) is 11.5 Å². The van der Waals surface area contributed by atoms with Crippen molar-refractivity contribution in [3.05, 3.63) is 11.1 Å². The number of aromatic amines is 1. The van der Waals surface area contributed by atoms with Gasteiger partial charge in [-0.3, -0.25) is 0 Å². The highest BCUT2D eigenvalue weighted by molar-refractivity contribution is 7.99. The molecule has 0 aliphatic rings. The maximum Gasteiger partial charge on any atom is 0.216 e. The van der Waals surface area contributed by atoms with E-state index in [9.17, 15) is 0 Å². The number of hydrogen-bond donors (Lipinski definition) is 2. The summed E-state index contributed by atoms with van der Waals surface area (Å²) in [6.45, 7) is 1.94. The van der Waals surface area contributed by atoms with Crippen molar-refractivity contribution in [3.63, 3.8) is 0 Å². The summed E-state index contributed by atoms with van der Waals surface area (Å²) in [7, 11) is 0. The first kappa shape index (κ1) is 9.41. The van der Waals surface area contributed by atoms with Crippen molar-refractivity contribution < 1.29 is 0 Å². The summed E-state index contributed by atoms with van der Waals surface area (Å²) in [4.78, 5) is 3.92. The molecule has 3 N–H and O–H groups in total. The van der Waals surface area contributed by atoms with E-state index in [1.165, 1.54) is 11.8 Å². The molecule has 1 aromatic rings. The molecule has 4 nitrogen and oxygen atoms in total. The first-order valence-electron chi connectivity index (χ1n) is 3.29. The average Bonchev–Trinajstić information content (AvgIpc) is 2.47. The lowest BCUT2D eigenvalue weighted by atomic mass is 10.4. The summed E-state index contributed by atoms with van der Waals surface area (Å²) in [6, 6.07) is 0. The Morgan fingerprint density at radius 2 is 2.58 bits per heavy atom. The van der Waals surface area contributed by atoms with E-state index < -0.39 is 0 Å². The number of nitrogen functional groups attached to an aromatic ring is 1. The molecule has 66 valence electrons. The second-order valence-electron chi connectivity index (χ2n) is 2.25. The molecule has 1 rings (SSSR count). The van der Waals surface area contributed by atoms with E-state index in [1.54, 1.807) is 5.54 Å². The van der Waals surface area contributed by atoms with E-state index in [1.807, 2.05) is 6.92 Å². The van der Waals surface area contributed by atoms with Crippen molar-refractivity contribution in [2.24, 2.45) is 0 Å². The number of nitrogens with two attached hydrogens (primary N) is 1. The molecule has 0 aliphatic carbocycles. The summed E-state index contributed by atoms with van der Waals surface area (Å²) < 4.78 is 0. The van der Waals surface area contributed by atoms with Gasteiger partial charge in [0.2, 0.25) is 11.1 Å². The third kappa shape index (κ3) is 2.75. The Balaban J connectivity index is 2.43. The van der Waals surface area contributed by atoms with Crippen molar-refractivity contribution in [2.45, 2.75) is 12.1 Å². The largest absolute Gasteiger partial charge is 0.368 e. The SMILES string of the molecule is CC(=CCl)CSc1n[nH]c(N)n1. The van der Waals surface area contributed by atoms with Crippen molar-refractivity contribution in [3.8, 4) is 0 Å². The minimum atomic E-state index is 0.338. The smallest absolute Gasteiger partial charge is 0.216 e. The van der Waals surface area contributed by atoms with Crippen LogP contribution in [0.3, 0.4) is 0 Å². The third-order valence-corrected chi connectivity index (χ3v) is 2.51. The Bertz CT molecular complexity index is 283. The number of hydrogen-bond acceptors (Lipinski definition) is 4. The lowest BCUT2D eigenvalue weighted by Gasteiger charge is -1.93. The summed E-state index contributed by atoms with van der Waals surface area (Å²) in [5.74, 6) is 1.12. The first-order valence-corrected chi connectivity index (χ1v) is 4.71. The van der Waals surface area contributed by atoms with Gasteiger partial charge in [-0.05, 0) is 6.92 Å². The second kappa shape index (κ2) is 4.37. The van der Waals surface area contributed by atoms with E-state index in [2.05, 4.69) is 15.2 Å². The Kier molecular flexibility index (Phi) is 3.43. The van der Waals surface area contributed by atoms with Crippen LogP contribution in [0.5, 0.6) is 0 Å². The molecule has 0 atom stereocenters. The molecule has 0 bridgehead atoms. The molecule has 1 heterocycles. The predicted octanol–water partition coefficient (Wildman–Crippen LogP) is 1.62. The average molecular weight is 205 g/mol. The molecule has 0 aliphatic heterocycles. The molecule has 0 unspecified atom stereocenters. The van der Waals surface area contributed by atoms with Gasteiger partial charge in [0.25, 0.3) is 0 Å². The van der Waals surface area contributed by atoms with Crippen LogP contribution >= 0.6 is 23.4 Å². The highest BCUT2D eigenvalue weighted by atomic mass is 35.5. The van der Waals surface area contributed by atoms with E-state index in [0.717, 1.165) is 11.3 Å². The van der Waals surface area contributed by atoms with Crippen LogP contribution in [-0.4, -0.2) is 20.9 Å². The maximum atomic E-state index is 5.47. The summed E-state index contributed by atoms with van der Waals surface area (Å²) in [6.07, 6.45) is 0. The molecule has 0 spiro atoms. The van der Waals surface area contributed by atoms with Gasteiger partial charge in [0.15, 0.2) is 0 Å². The van der Waals surface area contributed by atoms with Crippen LogP contribution in [0.4, 0.5) is 5.95 Å². The number of thioether (sulfide) groups is 1. The molecule has 0 amide bonds. The molecule has 0 aromatic carbocycles. The van der Waals surface area contributed by atoms with E-state index >= 15 is 0 Å². The molecule has 12 heavy (non-hydrogen) atoms. The third-order valence-electron chi connectivity index (χ3n) is 1.10. The van der Waals surface area contributed by atoms with Crippen LogP contribution in [0.25, 0.3) is 0 Å². The monoisotopic (exact) mass is 204 g/mol. The molecule has 0 saturated carbocycles. The topological polar surface area (TPSA) is 67.6 Å². The highest BCUT2D eigenvalue weighted by Gasteiger charge is 2.00. The molecular weight excluding hydrogens is 196 g/mol. The predicted molar refractivity (Wildman–Crippen MR) is 51.1 cm³/mol. The number of anilines is 1. The zero-order chi connectivity index (χ0) is 8.97. The summed E-state index contributed by atoms with van der Waals surface area (Å²) in [5.41, 5.74) is 7.95. The van der Waals surface area contributed by atoms with Gasteiger partial charge >= 0.3 is 0 Å². The van der Waals surface area contributed by atoms with Gasteiger partial charge in [0, 0.05) is 11.3 Å². The Morgan fingerprint density at radius 3 is 3.08 bits per heavy atom. The summed E-state index contributed by atoms with van der Waals surface area (Å²) in [5, 5.41) is 7.05. The number of H-pyrrole nitrogens is 1. The highest BCUT2D eigenvalue weighted by Crippen LogP contribution is 2.16. The molecule has 1 aromatic heterocycles. The van der Waals surface area contributed by atoms with E-state index in [4.69, 9.17) is 17.3 Å². The van der Waals surface area contributed by atoms with Crippen LogP contribution < -0.4 is 5.73 Å². The second-order valence-corrected chi connectivity index (χ2v) is 3.41. The lowest BCUT2D eigenvalue weighted by molar-refractivity contribution is 0.975. The zero-order valence-corrected chi connectivity index (χ0v) is 8.11. The van der Waals surface area contributed by atoms with E-state index in [0.29, 0.717) is 11.1 Å². The maximum absolute atomic E-state index is 5.47. The van der Waals surface area contributed by atoms with E-state index in [-0.39, 0.29) is 0 Å². The van der Waals surface area contributed by atoms with Crippen LogP contribution in [-0.2, 0) is 0 Å². The van der Waals surface area contributed by atoms with Gasteiger partial charge in [0.1, 0.15) is 0 Å². The Morgan fingerprint density at radius 1 is 1.83 bits per heavy atom. The van der Waals surface area contributed by atoms with Crippen LogP contribution in [0.2, 0.25) is 0 Å². The lowest BCUT2D eigenvalue weighted by Crippen LogP contribution is -1.85. The minimum absolute atomic E-state index is 0.338. The van der Waals surface area contributed by atoms with Crippen molar-refractivity contribution in [1.29, 1.82) is 0 Å². The normalized spacial score (nSPS) is 12.0. The molecule has 0 radical (unpaired) electrons. The Labute approximate surface area is 79.6 Å². The fourth-order valence-corrected chi connectivity index (χ4v) is 1.41. The van der Waals surface area contributed by atoms with Gasteiger partial charge in [-0.2, -0.15) is 4.98 Å². The summed E-state index contributed by atoms with van der Waals surface area (Å²) >= 11 is 6.96. The quantitative estimate of drug-likeness (QED) is 0.735. The number of halogens is 1. The molecule has 0 saturated heterocycles. The van der Waals surface area contributed by atoms with Gasteiger partial charge in [-0.1, -0.05) is 28.9 Å². The number of nitrogens with zero attached hydrogens (tertiary/aromatic N) is 2. The van der Waals surface area contributed by atoms with Gasteiger partial charge in [0.05, 0.1) is 0 Å². The van der Waals surface area contributed by atoms with Gasteiger partial charge in [-0.25, -0.2) is 5.10 Å². The van der Waals surface area contributed by atoms with Crippen molar-refractivity contribution >= 4 is 29.3 Å². The number of aromatic nitrogens is 3. The van der Waals surface area contributed by atoms with Gasteiger partial charge in [-0.15, -0.1) is 5.10 Å². The fraction of sp³-hybridized carbons (Fsp3) is 0.333. The Hall–Kier alpha value is -0.680. The van der Waals surface area contributed by atoms with Crippen LogP contribution in [0.15, 0.2) is 16.3 Å². The molecule has 6 heteroatoms. The zero-order valence-electron chi connectivity index (χ0n) is 6.54. The fourth-order valence-electron chi connectivity index (χ4n) is 0.533. The van der Waals surface area contributed by atoms with Crippen LogP contribution in [0, 0.1) is 0 Å². The number of rotatable bonds is 3. The minimum Gasteiger partial charge on any atom is -0.368 e. The van der Waals surface area contributed by atoms with Crippen LogP contribution in [0.1, 0.15) is 6.92 Å². The molecule has 0 fully saturated rings. The van der Waals surface area contributed by atoms with Gasteiger partial charge < -0.3 is 5.73 Å². The molecular formula is C6H9ClN4S.